The van der Waals surface area contributed by atoms with Crippen LogP contribution in [0, 0.1) is 34.1 Å². The Morgan fingerprint density at radius 3 is 2.00 bits per heavy atom. The van der Waals surface area contributed by atoms with E-state index in [-0.39, 0.29) is 18.7 Å². The van der Waals surface area contributed by atoms with Crippen molar-refractivity contribution in [3.05, 3.63) is 73.3 Å². The molecule has 0 fully saturated rings. The van der Waals surface area contributed by atoms with Crippen molar-refractivity contribution < 1.29 is 19.4 Å². The molecule has 0 bridgehead atoms. The zero-order valence-corrected chi connectivity index (χ0v) is 14.2. The van der Waals surface area contributed by atoms with E-state index in [4.69, 9.17) is 4.74 Å². The third-order valence-corrected chi connectivity index (χ3v) is 3.44. The molecule has 0 saturated carbocycles. The first-order chi connectivity index (χ1) is 12.3. The number of rotatable bonds is 7. The molecule has 0 saturated heterocycles. The molecule has 2 aromatic rings. The molecule has 0 atom stereocenters. The van der Waals surface area contributed by atoms with Gasteiger partial charge in [0.15, 0.2) is 0 Å². The van der Waals surface area contributed by atoms with Crippen LogP contribution in [0.4, 0.5) is 11.4 Å². The highest BCUT2D eigenvalue weighted by molar-refractivity contribution is 5.95. The van der Waals surface area contributed by atoms with Crippen LogP contribution in [0.15, 0.2) is 36.4 Å². The highest BCUT2D eigenvalue weighted by Crippen LogP contribution is 2.22. The van der Waals surface area contributed by atoms with Gasteiger partial charge in [0.25, 0.3) is 17.3 Å². The second-order valence-corrected chi connectivity index (χ2v) is 5.68. The number of nitro benzene ring substituents is 2. The van der Waals surface area contributed by atoms with E-state index in [0.717, 1.165) is 29.3 Å². The number of hydrogen-bond acceptors (Lipinski definition) is 6. The molecule has 2 rings (SSSR count). The number of carbonyl (C=O) groups is 1. The summed E-state index contributed by atoms with van der Waals surface area (Å²) in [4.78, 5) is 32.2. The highest BCUT2D eigenvalue weighted by atomic mass is 16.6. The Morgan fingerprint density at radius 1 is 0.962 bits per heavy atom. The molecule has 1 N–H and O–H groups in total. The molecular formula is C17H17N3O6. The van der Waals surface area contributed by atoms with E-state index < -0.39 is 27.1 Å². The van der Waals surface area contributed by atoms with E-state index in [1.54, 1.807) is 0 Å². The summed E-state index contributed by atoms with van der Waals surface area (Å²) in [6, 6.07) is 8.52. The maximum Gasteiger partial charge on any atom is 0.277 e. The standard InChI is InChI=1S/C17H17N3O6/c1-11-5-12(2)7-16(6-11)26-4-3-18-17(21)13-8-14(19(22)23)10-15(9-13)20(24)25/h5-10H,3-4H2,1-2H3,(H,18,21). The number of non-ortho nitro benzene ring substituents is 2. The van der Waals surface area contributed by atoms with Crippen LogP contribution in [0.2, 0.25) is 0 Å². The number of benzene rings is 2. The van der Waals surface area contributed by atoms with Crippen LogP contribution in [-0.4, -0.2) is 28.9 Å². The second-order valence-electron chi connectivity index (χ2n) is 5.68. The summed E-state index contributed by atoms with van der Waals surface area (Å²) >= 11 is 0. The van der Waals surface area contributed by atoms with Gasteiger partial charge in [0.1, 0.15) is 12.4 Å². The van der Waals surface area contributed by atoms with Crippen LogP contribution in [0.3, 0.4) is 0 Å². The molecule has 1 amide bonds. The van der Waals surface area contributed by atoms with Crippen LogP contribution >= 0.6 is 0 Å². The predicted octanol–water partition coefficient (Wildman–Crippen LogP) is 2.93. The molecule has 0 spiro atoms. The monoisotopic (exact) mass is 359 g/mol. The number of carbonyl (C=O) groups excluding carboxylic acids is 1. The molecule has 0 aliphatic heterocycles. The summed E-state index contributed by atoms with van der Waals surface area (Å²) in [5.41, 5.74) is 0.907. The van der Waals surface area contributed by atoms with Crippen LogP contribution in [-0.2, 0) is 0 Å². The van der Waals surface area contributed by atoms with Crippen molar-refractivity contribution in [2.24, 2.45) is 0 Å². The van der Waals surface area contributed by atoms with Gasteiger partial charge in [0.05, 0.1) is 28.0 Å². The molecule has 2 aromatic carbocycles. The summed E-state index contributed by atoms with van der Waals surface area (Å²) < 4.78 is 5.55. The number of nitrogens with zero attached hydrogens (tertiary/aromatic N) is 2. The number of ether oxygens (including phenoxy) is 1. The maximum atomic E-state index is 12.1. The SMILES string of the molecule is Cc1cc(C)cc(OCCNC(=O)c2cc([N+](=O)[O-])cc([N+](=O)[O-])c2)c1. The van der Waals surface area contributed by atoms with Gasteiger partial charge in [0, 0.05) is 12.1 Å². The fraction of sp³-hybridized carbons (Fsp3) is 0.235. The third-order valence-electron chi connectivity index (χ3n) is 3.44. The van der Waals surface area contributed by atoms with E-state index >= 15 is 0 Å². The molecule has 0 unspecified atom stereocenters. The molecule has 0 radical (unpaired) electrons. The zero-order chi connectivity index (χ0) is 19.3. The summed E-state index contributed by atoms with van der Waals surface area (Å²) in [5.74, 6) is 0.0172. The smallest absolute Gasteiger partial charge is 0.277 e. The Bertz CT molecular complexity index is 813. The van der Waals surface area contributed by atoms with Gasteiger partial charge in [0.2, 0.25) is 0 Å². The Balaban J connectivity index is 1.99. The first kappa shape index (κ1) is 18.8. The van der Waals surface area contributed by atoms with Gasteiger partial charge in [-0.2, -0.15) is 0 Å². The van der Waals surface area contributed by atoms with E-state index in [0.29, 0.717) is 5.75 Å². The van der Waals surface area contributed by atoms with E-state index in [2.05, 4.69) is 5.32 Å². The van der Waals surface area contributed by atoms with Crippen molar-refractivity contribution >= 4 is 17.3 Å². The Kier molecular flexibility index (Phi) is 5.84. The Hall–Kier alpha value is -3.49. The molecular weight excluding hydrogens is 342 g/mol. The van der Waals surface area contributed by atoms with Crippen molar-refractivity contribution in [2.75, 3.05) is 13.2 Å². The second kappa shape index (κ2) is 8.06. The predicted molar refractivity (Wildman–Crippen MR) is 93.5 cm³/mol. The number of amides is 1. The largest absolute Gasteiger partial charge is 0.492 e. The molecule has 0 aromatic heterocycles. The van der Waals surface area contributed by atoms with Crippen molar-refractivity contribution in [3.8, 4) is 5.75 Å². The van der Waals surface area contributed by atoms with Crippen molar-refractivity contribution in [1.29, 1.82) is 0 Å². The van der Waals surface area contributed by atoms with Gasteiger partial charge in [-0.05, 0) is 37.1 Å². The number of hydrogen-bond donors (Lipinski definition) is 1. The van der Waals surface area contributed by atoms with Crippen molar-refractivity contribution in [2.45, 2.75) is 13.8 Å². The molecule has 0 heterocycles. The first-order valence-electron chi connectivity index (χ1n) is 7.69. The summed E-state index contributed by atoms with van der Waals surface area (Å²) in [7, 11) is 0. The normalized spacial score (nSPS) is 10.2. The number of nitro groups is 2. The summed E-state index contributed by atoms with van der Waals surface area (Å²) in [6.45, 7) is 4.21. The topological polar surface area (TPSA) is 125 Å². The molecule has 26 heavy (non-hydrogen) atoms. The van der Waals surface area contributed by atoms with Gasteiger partial charge < -0.3 is 10.1 Å². The van der Waals surface area contributed by atoms with Gasteiger partial charge in [-0.25, -0.2) is 0 Å². The van der Waals surface area contributed by atoms with Gasteiger partial charge in [-0.1, -0.05) is 6.07 Å². The third kappa shape index (κ3) is 5.00. The van der Waals surface area contributed by atoms with Gasteiger partial charge >= 0.3 is 0 Å². The minimum absolute atomic E-state index is 0.141. The van der Waals surface area contributed by atoms with E-state index in [9.17, 15) is 25.0 Å². The van der Waals surface area contributed by atoms with Crippen LogP contribution in [0.5, 0.6) is 5.75 Å². The minimum Gasteiger partial charge on any atom is -0.492 e. The lowest BCUT2D eigenvalue weighted by atomic mass is 10.1. The summed E-state index contributed by atoms with van der Waals surface area (Å²) in [6.07, 6.45) is 0. The van der Waals surface area contributed by atoms with Crippen molar-refractivity contribution in [1.82, 2.24) is 5.32 Å². The minimum atomic E-state index is -0.785. The first-order valence-corrected chi connectivity index (χ1v) is 7.69. The molecule has 9 nitrogen and oxygen atoms in total. The van der Waals surface area contributed by atoms with E-state index in [1.165, 1.54) is 0 Å². The average molecular weight is 359 g/mol. The fourth-order valence-corrected chi connectivity index (χ4v) is 2.39. The number of nitrogens with one attached hydrogen (secondary N) is 1. The number of aryl methyl sites for hydroxylation is 2. The highest BCUT2D eigenvalue weighted by Gasteiger charge is 2.19. The van der Waals surface area contributed by atoms with E-state index in [1.807, 2.05) is 32.0 Å². The average Bonchev–Trinajstić information content (AvgIpc) is 2.57. The van der Waals surface area contributed by atoms with Crippen LogP contribution < -0.4 is 10.1 Å². The molecule has 9 heteroatoms. The van der Waals surface area contributed by atoms with Crippen molar-refractivity contribution in [3.63, 3.8) is 0 Å². The molecule has 0 aliphatic rings. The summed E-state index contributed by atoms with van der Waals surface area (Å²) in [5, 5.41) is 24.2. The fourth-order valence-electron chi connectivity index (χ4n) is 2.39. The lowest BCUT2D eigenvalue weighted by molar-refractivity contribution is -0.394. The lowest BCUT2D eigenvalue weighted by Crippen LogP contribution is -2.28. The quantitative estimate of drug-likeness (QED) is 0.460. The maximum absolute atomic E-state index is 12.1. The van der Waals surface area contributed by atoms with Crippen LogP contribution in [0.1, 0.15) is 21.5 Å². The zero-order valence-electron chi connectivity index (χ0n) is 14.2. The van der Waals surface area contributed by atoms with Gasteiger partial charge in [-0.15, -0.1) is 0 Å². The Morgan fingerprint density at radius 2 is 1.50 bits per heavy atom. The molecule has 0 aliphatic carbocycles. The van der Waals surface area contributed by atoms with Crippen LogP contribution in [0.25, 0.3) is 0 Å². The molecule has 136 valence electrons. The lowest BCUT2D eigenvalue weighted by Gasteiger charge is -2.09. The Labute approximate surface area is 148 Å². The van der Waals surface area contributed by atoms with Gasteiger partial charge in [-0.3, -0.25) is 25.0 Å².